The normalized spacial score (nSPS) is 19.1. The first-order chi connectivity index (χ1) is 15.9. The summed E-state index contributed by atoms with van der Waals surface area (Å²) in [5, 5.41) is 5.59. The summed E-state index contributed by atoms with van der Waals surface area (Å²) in [4.78, 5) is 14.3. The van der Waals surface area contributed by atoms with Gasteiger partial charge in [0, 0.05) is 56.4 Å². The van der Waals surface area contributed by atoms with Crippen LogP contribution < -0.4 is 15.1 Å². The number of aromatic nitrogens is 2. The van der Waals surface area contributed by atoms with Gasteiger partial charge in [-0.25, -0.2) is 4.98 Å². The van der Waals surface area contributed by atoms with Gasteiger partial charge in [0.2, 0.25) is 0 Å². The third kappa shape index (κ3) is 3.63. The predicted molar refractivity (Wildman–Crippen MR) is 134 cm³/mol. The Balaban J connectivity index is 1.37. The summed E-state index contributed by atoms with van der Waals surface area (Å²) in [5.41, 5.74) is 7.28. The van der Waals surface area contributed by atoms with Gasteiger partial charge in [-0.15, -0.1) is 11.3 Å². The quantitative estimate of drug-likeness (QED) is 0.477. The van der Waals surface area contributed by atoms with Gasteiger partial charge in [0.1, 0.15) is 0 Å². The van der Waals surface area contributed by atoms with Crippen LogP contribution in [-0.4, -0.2) is 42.7 Å². The summed E-state index contributed by atoms with van der Waals surface area (Å²) < 4.78 is 1.28. The number of anilines is 2. The molecule has 0 bridgehead atoms. The number of piperazine rings is 1. The van der Waals surface area contributed by atoms with Crippen molar-refractivity contribution in [2.45, 2.75) is 18.9 Å². The van der Waals surface area contributed by atoms with Gasteiger partial charge >= 0.3 is 0 Å². The number of hydrogen-bond donors (Lipinski definition) is 1. The van der Waals surface area contributed by atoms with Crippen molar-refractivity contribution in [3.05, 3.63) is 71.9 Å². The lowest BCUT2D eigenvalue weighted by molar-refractivity contribution is 0.589. The maximum atomic E-state index is 5.03. The summed E-state index contributed by atoms with van der Waals surface area (Å²) in [7, 11) is 0. The first-order valence-corrected chi connectivity index (χ1v) is 12.4. The zero-order chi connectivity index (χ0) is 21.3. The largest absolute Gasteiger partial charge is 0.369 e. The number of benzene rings is 1. The van der Waals surface area contributed by atoms with Crippen LogP contribution in [0.1, 0.15) is 24.4 Å². The molecule has 5 heterocycles. The van der Waals surface area contributed by atoms with Crippen LogP contribution >= 0.6 is 11.3 Å². The number of rotatable bonds is 4. The summed E-state index contributed by atoms with van der Waals surface area (Å²) in [6.45, 7) is 5.30. The Labute approximate surface area is 192 Å². The van der Waals surface area contributed by atoms with Gasteiger partial charge in [-0.05, 0) is 60.2 Å². The summed E-state index contributed by atoms with van der Waals surface area (Å²) in [6.07, 6.45) is 6.19. The lowest BCUT2D eigenvalue weighted by Crippen LogP contribution is -2.43. The fourth-order valence-electron chi connectivity index (χ4n) is 5.05. The van der Waals surface area contributed by atoms with Gasteiger partial charge < -0.3 is 15.1 Å². The monoisotopic (exact) mass is 441 g/mol. The lowest BCUT2D eigenvalue weighted by Gasteiger charge is -2.29. The molecule has 0 saturated carbocycles. The highest BCUT2D eigenvalue weighted by Crippen LogP contribution is 2.42. The van der Waals surface area contributed by atoms with E-state index in [-0.39, 0.29) is 0 Å². The number of nitrogens with one attached hydrogen (secondary N) is 1. The Hall–Kier alpha value is -2.96. The highest BCUT2D eigenvalue weighted by molar-refractivity contribution is 7.17. The van der Waals surface area contributed by atoms with E-state index in [0.29, 0.717) is 6.04 Å². The van der Waals surface area contributed by atoms with Crippen molar-refractivity contribution in [1.82, 2.24) is 15.3 Å². The van der Waals surface area contributed by atoms with E-state index in [0.717, 1.165) is 43.9 Å². The van der Waals surface area contributed by atoms with Gasteiger partial charge in [-0.2, -0.15) is 0 Å². The fourth-order valence-corrected chi connectivity index (χ4v) is 5.92. The van der Waals surface area contributed by atoms with Crippen molar-refractivity contribution in [2.75, 3.05) is 42.5 Å². The lowest BCUT2D eigenvalue weighted by atomic mass is 10.0. The Morgan fingerprint density at radius 2 is 1.75 bits per heavy atom. The van der Waals surface area contributed by atoms with Crippen molar-refractivity contribution in [3.8, 4) is 11.3 Å². The Morgan fingerprint density at radius 3 is 2.56 bits per heavy atom. The number of thiophene rings is 1. The van der Waals surface area contributed by atoms with Crippen LogP contribution in [0.4, 0.5) is 11.4 Å². The number of pyridine rings is 2. The van der Waals surface area contributed by atoms with E-state index in [2.05, 4.69) is 74.0 Å². The molecule has 4 aromatic rings. The molecule has 2 saturated heterocycles. The van der Waals surface area contributed by atoms with E-state index in [4.69, 9.17) is 4.98 Å². The Morgan fingerprint density at radius 1 is 0.938 bits per heavy atom. The van der Waals surface area contributed by atoms with Crippen molar-refractivity contribution in [1.29, 1.82) is 0 Å². The molecular weight excluding hydrogens is 414 g/mol. The summed E-state index contributed by atoms with van der Waals surface area (Å²) >= 11 is 1.79. The van der Waals surface area contributed by atoms with Gasteiger partial charge in [-0.3, -0.25) is 4.98 Å². The van der Waals surface area contributed by atoms with Crippen LogP contribution in [0.3, 0.4) is 0 Å². The average Bonchev–Trinajstić information content (AvgIpc) is 3.54. The molecule has 1 N–H and O–H groups in total. The molecule has 2 aliphatic heterocycles. The highest BCUT2D eigenvalue weighted by atomic mass is 32.1. The first kappa shape index (κ1) is 19.7. The topological polar surface area (TPSA) is 44.3 Å². The minimum Gasteiger partial charge on any atom is -0.369 e. The fraction of sp³-hybridized carbons (Fsp3) is 0.308. The number of fused-ring (bicyclic) bond motifs is 1. The van der Waals surface area contributed by atoms with Crippen LogP contribution in [-0.2, 0) is 0 Å². The SMILES string of the molecule is c1cc(C2CCCN2c2cc(-c3ccc(N4CCNCC4)cc3)nc3ccsc23)ccn1. The van der Waals surface area contributed by atoms with E-state index in [1.807, 2.05) is 12.4 Å². The summed E-state index contributed by atoms with van der Waals surface area (Å²) in [5.74, 6) is 0. The molecule has 0 aliphatic carbocycles. The summed E-state index contributed by atoms with van der Waals surface area (Å²) in [6, 6.07) is 18.1. The maximum Gasteiger partial charge on any atom is 0.0838 e. The van der Waals surface area contributed by atoms with Gasteiger partial charge in [0.05, 0.1) is 27.6 Å². The van der Waals surface area contributed by atoms with E-state index in [1.54, 1.807) is 11.3 Å². The molecule has 0 amide bonds. The second-order valence-corrected chi connectivity index (χ2v) is 9.49. The van der Waals surface area contributed by atoms with E-state index >= 15 is 0 Å². The Bertz CT molecular complexity index is 1200. The van der Waals surface area contributed by atoms with Crippen LogP contribution in [0.15, 0.2) is 66.3 Å². The molecule has 1 aromatic carbocycles. The van der Waals surface area contributed by atoms with Crippen LogP contribution in [0.2, 0.25) is 0 Å². The van der Waals surface area contributed by atoms with Crippen molar-refractivity contribution >= 4 is 32.9 Å². The van der Waals surface area contributed by atoms with Gasteiger partial charge in [-0.1, -0.05) is 12.1 Å². The second-order valence-electron chi connectivity index (χ2n) is 8.58. The molecule has 0 radical (unpaired) electrons. The standard InChI is InChI=1S/C26H27N5S/c1-2-24(20-7-10-27-11-8-20)31(14-1)25-18-23(29-22-9-17-32-26(22)25)19-3-5-21(6-4-19)30-15-12-28-13-16-30/h3-11,17-18,24,28H,1-2,12-16H2. The number of nitrogens with zero attached hydrogens (tertiary/aromatic N) is 4. The third-order valence-electron chi connectivity index (χ3n) is 6.69. The molecule has 6 rings (SSSR count). The molecule has 6 heteroatoms. The molecule has 1 atom stereocenters. The third-order valence-corrected chi connectivity index (χ3v) is 7.62. The van der Waals surface area contributed by atoms with E-state index in [9.17, 15) is 0 Å². The molecule has 0 spiro atoms. The molecule has 2 aliphatic rings. The highest BCUT2D eigenvalue weighted by Gasteiger charge is 2.28. The van der Waals surface area contributed by atoms with Crippen LogP contribution in [0.25, 0.3) is 21.5 Å². The molecular formula is C26H27N5S. The minimum atomic E-state index is 0.397. The molecule has 2 fully saturated rings. The average molecular weight is 442 g/mol. The second kappa shape index (κ2) is 8.52. The minimum absolute atomic E-state index is 0.397. The maximum absolute atomic E-state index is 5.03. The molecule has 3 aromatic heterocycles. The molecule has 32 heavy (non-hydrogen) atoms. The smallest absolute Gasteiger partial charge is 0.0838 e. The zero-order valence-electron chi connectivity index (χ0n) is 18.1. The van der Waals surface area contributed by atoms with Gasteiger partial charge in [0.25, 0.3) is 0 Å². The van der Waals surface area contributed by atoms with E-state index < -0.39 is 0 Å². The van der Waals surface area contributed by atoms with Crippen LogP contribution in [0, 0.1) is 0 Å². The number of hydrogen-bond acceptors (Lipinski definition) is 6. The Kier molecular flexibility index (Phi) is 5.25. The molecule has 5 nitrogen and oxygen atoms in total. The predicted octanol–water partition coefficient (Wildman–Crippen LogP) is 5.11. The molecule has 1 unspecified atom stereocenters. The zero-order valence-corrected chi connectivity index (χ0v) is 18.9. The van der Waals surface area contributed by atoms with Crippen molar-refractivity contribution in [3.63, 3.8) is 0 Å². The first-order valence-electron chi connectivity index (χ1n) is 11.5. The van der Waals surface area contributed by atoms with Crippen molar-refractivity contribution < 1.29 is 0 Å². The van der Waals surface area contributed by atoms with E-state index in [1.165, 1.54) is 40.0 Å². The van der Waals surface area contributed by atoms with Gasteiger partial charge in [0.15, 0.2) is 0 Å². The van der Waals surface area contributed by atoms with Crippen molar-refractivity contribution in [2.24, 2.45) is 0 Å². The van der Waals surface area contributed by atoms with Crippen LogP contribution in [0.5, 0.6) is 0 Å². The molecule has 162 valence electrons.